The normalized spacial score (nSPS) is 18.4. The van der Waals surface area contributed by atoms with Crippen molar-refractivity contribution in [3.05, 3.63) is 70.2 Å². The summed E-state index contributed by atoms with van der Waals surface area (Å²) in [4.78, 5) is 20.4. The highest BCUT2D eigenvalue weighted by Crippen LogP contribution is 2.38. The minimum Gasteiger partial charge on any atom is -0.431 e. The maximum absolute atomic E-state index is 14.0. The van der Waals surface area contributed by atoms with Crippen molar-refractivity contribution in [3.8, 4) is 6.07 Å². The number of ether oxygens (including phenoxy) is 1. The van der Waals surface area contributed by atoms with Crippen molar-refractivity contribution in [2.45, 2.75) is 12.5 Å². The average molecular weight is 400 g/mol. The highest BCUT2D eigenvalue weighted by Gasteiger charge is 2.36. The van der Waals surface area contributed by atoms with Crippen LogP contribution in [0, 0.1) is 11.3 Å². The van der Waals surface area contributed by atoms with Crippen molar-refractivity contribution < 1.29 is 13.9 Å². The van der Waals surface area contributed by atoms with Crippen LogP contribution in [0.3, 0.4) is 0 Å². The van der Waals surface area contributed by atoms with E-state index in [0.29, 0.717) is 22.6 Å². The Hall–Kier alpha value is -3.44. The largest absolute Gasteiger partial charge is 0.431 e. The first-order chi connectivity index (χ1) is 13.4. The Morgan fingerprint density at radius 3 is 2.82 bits per heavy atom. The van der Waals surface area contributed by atoms with Gasteiger partial charge >= 0.3 is 0 Å². The van der Waals surface area contributed by atoms with Crippen molar-refractivity contribution in [2.75, 3.05) is 12.0 Å². The standard InChI is InChI=1S/C19H15ClFN5O2/c1-11-7-19(10-21,26-18(23)28-11)14-6-13(3-4-15(14)20)25-17(27)16-5-2-12(8-22)9-24-16/h2-7,9H,10H2,1H3,(H2,23,26)(H,25,27). The maximum atomic E-state index is 14.0. The van der Waals surface area contributed by atoms with Crippen molar-refractivity contribution in [1.29, 1.82) is 5.26 Å². The van der Waals surface area contributed by atoms with E-state index in [2.05, 4.69) is 15.3 Å². The number of hydrogen-bond donors (Lipinski definition) is 2. The van der Waals surface area contributed by atoms with Gasteiger partial charge in [-0.15, -0.1) is 0 Å². The molecule has 1 unspecified atom stereocenters. The van der Waals surface area contributed by atoms with Crippen LogP contribution >= 0.6 is 11.6 Å². The lowest BCUT2D eigenvalue weighted by molar-refractivity contribution is 0.102. The summed E-state index contributed by atoms with van der Waals surface area (Å²) in [5.74, 6) is -0.105. The van der Waals surface area contributed by atoms with Crippen LogP contribution in [0.15, 0.2) is 53.4 Å². The second-order valence-electron chi connectivity index (χ2n) is 6.06. The second-order valence-corrected chi connectivity index (χ2v) is 6.46. The van der Waals surface area contributed by atoms with Gasteiger partial charge in [-0.3, -0.25) is 4.79 Å². The van der Waals surface area contributed by atoms with Gasteiger partial charge in [-0.25, -0.2) is 14.4 Å². The molecule has 2 heterocycles. The molecular weight excluding hydrogens is 385 g/mol. The number of allylic oxidation sites excluding steroid dienone is 1. The van der Waals surface area contributed by atoms with Gasteiger partial charge in [0.2, 0.25) is 0 Å². The lowest BCUT2D eigenvalue weighted by atomic mass is 9.90. The molecule has 3 N–H and O–H groups in total. The summed E-state index contributed by atoms with van der Waals surface area (Å²) in [6, 6.07) is 9.30. The fraction of sp³-hybridized carbons (Fsp3) is 0.158. The van der Waals surface area contributed by atoms with Crippen LogP contribution in [-0.2, 0) is 10.3 Å². The number of alkyl halides is 1. The van der Waals surface area contributed by atoms with Crippen LogP contribution in [0.25, 0.3) is 0 Å². The van der Waals surface area contributed by atoms with Gasteiger partial charge in [0.1, 0.15) is 29.7 Å². The summed E-state index contributed by atoms with van der Waals surface area (Å²) < 4.78 is 19.2. The number of halogens is 2. The zero-order chi connectivity index (χ0) is 20.3. The number of amides is 1. The minimum absolute atomic E-state index is 0.125. The van der Waals surface area contributed by atoms with Crippen molar-refractivity contribution in [1.82, 2.24) is 4.98 Å². The third-order valence-corrected chi connectivity index (χ3v) is 4.37. The number of nitriles is 1. The number of benzene rings is 1. The Kier molecular flexibility index (Phi) is 5.29. The van der Waals surface area contributed by atoms with Crippen LogP contribution in [0.5, 0.6) is 0 Å². The summed E-state index contributed by atoms with van der Waals surface area (Å²) >= 11 is 6.28. The topological polar surface area (TPSA) is 113 Å². The van der Waals surface area contributed by atoms with Gasteiger partial charge in [-0.1, -0.05) is 11.6 Å². The molecule has 0 bridgehead atoms. The molecule has 28 heavy (non-hydrogen) atoms. The minimum atomic E-state index is -1.45. The van der Waals surface area contributed by atoms with E-state index >= 15 is 0 Å². The van der Waals surface area contributed by atoms with Gasteiger partial charge in [0, 0.05) is 22.5 Å². The first kappa shape index (κ1) is 19.3. The number of pyridine rings is 1. The molecule has 0 saturated carbocycles. The molecule has 1 amide bonds. The molecular formula is C19H15ClFN5O2. The number of anilines is 1. The summed E-state index contributed by atoms with van der Waals surface area (Å²) in [6.07, 6.45) is 2.78. The number of rotatable bonds is 4. The Morgan fingerprint density at radius 2 is 2.21 bits per heavy atom. The molecule has 1 aliphatic heterocycles. The second kappa shape index (κ2) is 7.66. The lowest BCUT2D eigenvalue weighted by Crippen LogP contribution is -2.33. The monoisotopic (exact) mass is 399 g/mol. The smallest absolute Gasteiger partial charge is 0.288 e. The molecule has 7 nitrogen and oxygen atoms in total. The molecule has 0 radical (unpaired) electrons. The summed E-state index contributed by atoms with van der Waals surface area (Å²) in [5, 5.41) is 11.7. The fourth-order valence-corrected chi connectivity index (χ4v) is 3.07. The quantitative estimate of drug-likeness (QED) is 0.819. The van der Waals surface area contributed by atoms with E-state index < -0.39 is 18.1 Å². The van der Waals surface area contributed by atoms with Crippen molar-refractivity contribution >= 4 is 29.2 Å². The number of carbonyl (C=O) groups excluding carboxylic acids is 1. The van der Waals surface area contributed by atoms with E-state index in [1.807, 2.05) is 6.07 Å². The molecule has 0 spiro atoms. The third kappa shape index (κ3) is 3.80. The predicted molar refractivity (Wildman–Crippen MR) is 102 cm³/mol. The summed E-state index contributed by atoms with van der Waals surface area (Å²) in [7, 11) is 0. The molecule has 3 rings (SSSR count). The van der Waals surface area contributed by atoms with Crippen LogP contribution in [0.4, 0.5) is 10.1 Å². The molecule has 1 atom stereocenters. The molecule has 1 aromatic heterocycles. The Labute approximate surface area is 165 Å². The highest BCUT2D eigenvalue weighted by atomic mass is 35.5. The molecule has 1 aliphatic rings. The fourth-order valence-electron chi connectivity index (χ4n) is 2.79. The van der Waals surface area contributed by atoms with E-state index in [0.717, 1.165) is 0 Å². The lowest BCUT2D eigenvalue weighted by Gasteiger charge is -2.29. The van der Waals surface area contributed by atoms with Gasteiger partial charge in [0.15, 0.2) is 0 Å². The number of nitrogens with zero attached hydrogens (tertiary/aromatic N) is 3. The number of aromatic nitrogens is 1. The van der Waals surface area contributed by atoms with Crippen molar-refractivity contribution in [3.63, 3.8) is 0 Å². The van der Waals surface area contributed by atoms with E-state index in [4.69, 9.17) is 27.3 Å². The SMILES string of the molecule is CC1=CC(CF)(c2cc(NC(=O)c3ccc(C#N)cn3)ccc2Cl)N=C(N)O1. The Balaban J connectivity index is 1.94. The number of aliphatic imine (C=N–C) groups is 1. The molecule has 2 aromatic rings. The third-order valence-electron chi connectivity index (χ3n) is 4.04. The average Bonchev–Trinajstić information content (AvgIpc) is 2.68. The van der Waals surface area contributed by atoms with Gasteiger partial charge in [-0.2, -0.15) is 5.26 Å². The highest BCUT2D eigenvalue weighted by molar-refractivity contribution is 6.31. The summed E-state index contributed by atoms with van der Waals surface area (Å²) in [6.45, 7) is 0.727. The van der Waals surface area contributed by atoms with Crippen molar-refractivity contribution in [2.24, 2.45) is 10.7 Å². The molecule has 9 heteroatoms. The Bertz CT molecular complexity index is 1010. The number of hydrogen-bond acceptors (Lipinski definition) is 6. The van der Waals surface area contributed by atoms with E-state index in [-0.39, 0.29) is 16.7 Å². The number of carbonyl (C=O) groups is 1. The maximum Gasteiger partial charge on any atom is 0.288 e. The van der Waals surface area contributed by atoms with Gasteiger partial charge in [0.25, 0.3) is 11.9 Å². The zero-order valence-electron chi connectivity index (χ0n) is 14.7. The predicted octanol–water partition coefficient (Wildman–Crippen LogP) is 3.27. The molecule has 1 aromatic carbocycles. The molecule has 142 valence electrons. The van der Waals surface area contributed by atoms with Crippen LogP contribution in [-0.4, -0.2) is 23.6 Å². The molecule has 0 aliphatic carbocycles. The van der Waals surface area contributed by atoms with E-state index in [1.54, 1.807) is 13.0 Å². The molecule has 0 saturated heterocycles. The summed E-state index contributed by atoms with van der Waals surface area (Å²) in [5.41, 5.74) is 5.37. The number of amidine groups is 1. The zero-order valence-corrected chi connectivity index (χ0v) is 15.5. The van der Waals surface area contributed by atoms with Gasteiger partial charge in [0.05, 0.1) is 5.56 Å². The van der Waals surface area contributed by atoms with E-state index in [1.165, 1.54) is 36.5 Å². The number of nitrogens with one attached hydrogen (secondary N) is 1. The van der Waals surface area contributed by atoms with Crippen LogP contribution in [0.2, 0.25) is 5.02 Å². The van der Waals surface area contributed by atoms with Gasteiger partial charge in [-0.05, 0) is 43.3 Å². The first-order valence-electron chi connectivity index (χ1n) is 8.13. The molecule has 0 fully saturated rings. The van der Waals surface area contributed by atoms with Crippen LogP contribution < -0.4 is 11.1 Å². The Morgan fingerprint density at radius 1 is 1.43 bits per heavy atom. The van der Waals surface area contributed by atoms with E-state index in [9.17, 15) is 9.18 Å². The van der Waals surface area contributed by atoms with Crippen LogP contribution in [0.1, 0.15) is 28.5 Å². The first-order valence-corrected chi connectivity index (χ1v) is 8.51. The number of nitrogens with two attached hydrogens (primary N) is 1. The van der Waals surface area contributed by atoms with Gasteiger partial charge < -0.3 is 15.8 Å².